The van der Waals surface area contributed by atoms with Gasteiger partial charge in [0.1, 0.15) is 6.61 Å². The number of unbranched alkanes of at least 4 members (excludes halogenated alkanes) is 9. The topological polar surface area (TPSA) is 147 Å². The maximum atomic E-state index is 12.5. The zero-order valence-electron chi connectivity index (χ0n) is 33.4. The summed E-state index contributed by atoms with van der Waals surface area (Å²) < 4.78 is 38.4. The Morgan fingerprint density at radius 2 is 1.13 bits per heavy atom. The van der Waals surface area contributed by atoms with Crippen molar-refractivity contribution in [2.75, 3.05) is 26.4 Å². The summed E-state index contributed by atoms with van der Waals surface area (Å²) in [5.74, 6) is -0.956. The van der Waals surface area contributed by atoms with E-state index < -0.39 is 32.5 Å². The van der Waals surface area contributed by atoms with Gasteiger partial charge in [-0.05, 0) is 89.9 Å². The van der Waals surface area contributed by atoms with E-state index in [2.05, 4.69) is 80.7 Å². The van der Waals surface area contributed by atoms with Crippen molar-refractivity contribution in [3.8, 4) is 0 Å². The van der Waals surface area contributed by atoms with Crippen LogP contribution >= 0.6 is 7.82 Å². The van der Waals surface area contributed by atoms with Gasteiger partial charge in [0.2, 0.25) is 0 Å². The molecule has 0 aliphatic carbocycles. The van der Waals surface area contributed by atoms with Gasteiger partial charge in [-0.15, -0.1) is 0 Å². The average Bonchev–Trinajstić information content (AvgIpc) is 3.91. The van der Waals surface area contributed by atoms with Gasteiger partial charge in [0, 0.05) is 19.4 Å². The van der Waals surface area contributed by atoms with E-state index in [1.807, 2.05) is 6.08 Å². The largest absolute Gasteiger partial charge is 0.472 e. The predicted octanol–water partition coefficient (Wildman–Crippen LogP) is 10.5. The first-order valence-electron chi connectivity index (χ1n) is 20.5. The van der Waals surface area contributed by atoms with Gasteiger partial charge in [0.05, 0.1) is 25.4 Å². The lowest BCUT2D eigenvalue weighted by molar-refractivity contribution is -0.161. The van der Waals surface area contributed by atoms with E-state index in [-0.39, 0.29) is 44.8 Å². The highest BCUT2D eigenvalue weighted by Gasteiger charge is 2.36. The van der Waals surface area contributed by atoms with Gasteiger partial charge in [-0.3, -0.25) is 18.6 Å². The van der Waals surface area contributed by atoms with Crippen LogP contribution in [0.25, 0.3) is 0 Å². The van der Waals surface area contributed by atoms with Gasteiger partial charge in [-0.2, -0.15) is 0 Å². The monoisotopic (exact) mass is 777 g/mol. The molecule has 308 valence electrons. The zero-order valence-corrected chi connectivity index (χ0v) is 34.3. The summed E-state index contributed by atoms with van der Waals surface area (Å²) in [7, 11) is -4.41. The van der Waals surface area contributed by atoms with Gasteiger partial charge in [0.25, 0.3) is 0 Å². The van der Waals surface area contributed by atoms with Gasteiger partial charge < -0.3 is 24.8 Å². The van der Waals surface area contributed by atoms with Crippen molar-refractivity contribution in [3.05, 3.63) is 72.9 Å². The Balaban J connectivity index is 2.29. The van der Waals surface area contributed by atoms with E-state index in [1.165, 1.54) is 38.5 Å². The number of phosphoric acid groups is 1. The first kappa shape index (κ1) is 49.4. The number of ether oxygens (including phenoxy) is 3. The van der Waals surface area contributed by atoms with Crippen molar-refractivity contribution in [3.63, 3.8) is 0 Å². The lowest BCUT2D eigenvalue weighted by Gasteiger charge is -2.19. The van der Waals surface area contributed by atoms with Crippen LogP contribution in [-0.2, 0) is 37.4 Å². The molecule has 1 fully saturated rings. The van der Waals surface area contributed by atoms with Crippen molar-refractivity contribution < 1.29 is 42.3 Å². The van der Waals surface area contributed by atoms with Crippen molar-refractivity contribution in [2.45, 2.75) is 161 Å². The van der Waals surface area contributed by atoms with E-state index in [0.717, 1.165) is 57.8 Å². The molecule has 3 N–H and O–H groups in total. The molecule has 1 heterocycles. The zero-order chi connectivity index (χ0) is 39.4. The highest BCUT2D eigenvalue weighted by atomic mass is 31.2. The minimum atomic E-state index is -4.41. The lowest BCUT2D eigenvalue weighted by Crippen LogP contribution is -2.29. The number of nitrogens with two attached hydrogens (primary N) is 1. The molecular weight excluding hydrogens is 705 g/mol. The normalized spacial score (nSPS) is 17.9. The van der Waals surface area contributed by atoms with Crippen LogP contribution in [0.4, 0.5) is 0 Å². The molecule has 1 rings (SSSR count). The quantitative estimate of drug-likeness (QED) is 0.0207. The molecule has 1 saturated heterocycles. The molecule has 0 bridgehead atoms. The molecule has 1 aliphatic heterocycles. The summed E-state index contributed by atoms with van der Waals surface area (Å²) in [4.78, 5) is 34.8. The molecular formula is C43H72NO9P. The molecule has 3 unspecified atom stereocenters. The Morgan fingerprint density at radius 3 is 1.70 bits per heavy atom. The summed E-state index contributed by atoms with van der Waals surface area (Å²) >= 11 is 0. The van der Waals surface area contributed by atoms with Crippen LogP contribution in [0.5, 0.6) is 0 Å². The second-order valence-electron chi connectivity index (χ2n) is 13.5. The number of hydrogen-bond acceptors (Lipinski definition) is 9. The molecule has 0 saturated carbocycles. The fraction of sp³-hybridized carbons (Fsp3) is 0.674. The second-order valence-corrected chi connectivity index (χ2v) is 15.0. The van der Waals surface area contributed by atoms with Gasteiger partial charge in [-0.1, -0.05) is 112 Å². The highest BCUT2D eigenvalue weighted by molar-refractivity contribution is 7.47. The maximum Gasteiger partial charge on any atom is 0.472 e. The van der Waals surface area contributed by atoms with Crippen LogP contribution in [0.15, 0.2) is 72.9 Å². The summed E-state index contributed by atoms with van der Waals surface area (Å²) in [6.07, 6.45) is 43.9. The average molecular weight is 778 g/mol. The fourth-order valence-electron chi connectivity index (χ4n) is 5.26. The molecule has 0 aromatic rings. The number of epoxide rings is 1. The number of rotatable bonds is 36. The molecule has 0 aromatic carbocycles. The number of esters is 2. The van der Waals surface area contributed by atoms with Crippen molar-refractivity contribution in [1.29, 1.82) is 0 Å². The van der Waals surface area contributed by atoms with Crippen molar-refractivity contribution in [2.24, 2.45) is 5.73 Å². The van der Waals surface area contributed by atoms with E-state index in [0.29, 0.717) is 19.3 Å². The Bertz CT molecular complexity index is 1180. The molecule has 0 aromatic heterocycles. The molecule has 0 amide bonds. The minimum absolute atomic E-state index is 0.0336. The Hall–Kier alpha value is -2.59. The molecule has 54 heavy (non-hydrogen) atoms. The smallest absolute Gasteiger partial charge is 0.462 e. The Morgan fingerprint density at radius 1 is 0.648 bits per heavy atom. The van der Waals surface area contributed by atoms with Crippen molar-refractivity contribution in [1.82, 2.24) is 0 Å². The molecule has 4 atom stereocenters. The van der Waals surface area contributed by atoms with Crippen LogP contribution < -0.4 is 5.73 Å². The molecule has 10 nitrogen and oxygen atoms in total. The molecule has 1 aliphatic rings. The first-order valence-corrected chi connectivity index (χ1v) is 22.0. The van der Waals surface area contributed by atoms with Crippen LogP contribution in [-0.4, -0.2) is 61.5 Å². The summed E-state index contributed by atoms with van der Waals surface area (Å²) in [6.45, 7) is 3.52. The number of hydrogen-bond donors (Lipinski definition) is 2. The van der Waals surface area contributed by atoms with E-state index in [4.69, 9.17) is 29.0 Å². The summed E-state index contributed by atoms with van der Waals surface area (Å²) in [6, 6.07) is 0. The van der Waals surface area contributed by atoms with Crippen LogP contribution in [0.1, 0.15) is 142 Å². The van der Waals surface area contributed by atoms with Crippen molar-refractivity contribution >= 4 is 19.8 Å². The van der Waals surface area contributed by atoms with E-state index in [1.54, 1.807) is 0 Å². The number of phosphoric ester groups is 1. The SMILES string of the molecule is CCCCC/C=C\C/C=C\C/C=C\CCCCC(=O)O[C@H](COC(=O)CCC/C=C\CC1OC1C/C=C\C/C=C\CCCCC)COP(=O)(O)OCCN. The number of carbonyl (C=O) groups excluding carboxylic acids is 2. The van der Waals surface area contributed by atoms with Crippen LogP contribution in [0.3, 0.4) is 0 Å². The van der Waals surface area contributed by atoms with Gasteiger partial charge in [0.15, 0.2) is 6.10 Å². The van der Waals surface area contributed by atoms with Crippen LogP contribution in [0, 0.1) is 0 Å². The Labute approximate surface area is 326 Å². The standard InChI is InChI=1S/C43H72NO9P/c1-3-5-7-9-11-13-14-15-16-17-18-20-22-24-30-34-43(46)52-39(38-51-54(47,48)50-36-35-44)37-49-42(45)33-29-26-25-28-32-41-40(53-41)31-27-23-21-19-12-10-8-6-4-2/h11-13,15-16,18-20,23,25,27-28,39-41H,3-10,14,17,21-22,24,26,29-38,44H2,1-2H3,(H,47,48)/b13-11-,16-15-,19-12-,20-18-,27-23-,28-25-/t39-,40?,41?/m1/s1. The Kier molecular flexibility index (Phi) is 31.9. The number of allylic oxidation sites excluding steroid dienone is 10. The molecule has 0 radical (unpaired) electrons. The highest BCUT2D eigenvalue weighted by Crippen LogP contribution is 2.43. The second kappa shape index (κ2) is 34.9. The number of carbonyl (C=O) groups is 2. The minimum Gasteiger partial charge on any atom is -0.462 e. The predicted molar refractivity (Wildman–Crippen MR) is 219 cm³/mol. The maximum absolute atomic E-state index is 12.5. The molecule has 0 spiro atoms. The first-order chi connectivity index (χ1) is 26.3. The third kappa shape index (κ3) is 31.7. The third-order valence-corrected chi connectivity index (χ3v) is 9.45. The fourth-order valence-corrected chi connectivity index (χ4v) is 6.03. The van der Waals surface area contributed by atoms with Gasteiger partial charge >= 0.3 is 19.8 Å². The molecule has 11 heteroatoms. The van der Waals surface area contributed by atoms with Crippen LogP contribution in [0.2, 0.25) is 0 Å². The third-order valence-electron chi connectivity index (χ3n) is 8.47. The lowest BCUT2D eigenvalue weighted by atomic mass is 10.1. The van der Waals surface area contributed by atoms with E-state index in [9.17, 15) is 19.0 Å². The summed E-state index contributed by atoms with van der Waals surface area (Å²) in [5, 5.41) is 0. The summed E-state index contributed by atoms with van der Waals surface area (Å²) in [5.41, 5.74) is 5.33. The van der Waals surface area contributed by atoms with Gasteiger partial charge in [-0.25, -0.2) is 4.57 Å². The van der Waals surface area contributed by atoms with E-state index >= 15 is 0 Å².